The number of hydrogen-bond acceptors (Lipinski definition) is 5. The van der Waals surface area contributed by atoms with Crippen LogP contribution in [0.2, 0.25) is 0 Å². The molecule has 2 heterocycles. The van der Waals surface area contributed by atoms with E-state index in [1.165, 1.54) is 0 Å². The number of pyridine rings is 1. The molecule has 0 aliphatic carbocycles. The van der Waals surface area contributed by atoms with Crippen LogP contribution >= 0.6 is 15.9 Å². The van der Waals surface area contributed by atoms with Gasteiger partial charge in [-0.15, -0.1) is 0 Å². The van der Waals surface area contributed by atoms with Crippen LogP contribution in [0.15, 0.2) is 21.1 Å². The molecule has 1 N–H and O–H groups in total. The van der Waals surface area contributed by atoms with Gasteiger partial charge in [0.1, 0.15) is 5.82 Å². The molecular weight excluding hydrogens is 284 g/mol. The molecule has 0 atom stereocenters. The van der Waals surface area contributed by atoms with Crippen molar-refractivity contribution in [3.05, 3.63) is 34.0 Å². The lowest BCUT2D eigenvalue weighted by Gasteiger charge is -2.05. The van der Waals surface area contributed by atoms with Crippen LogP contribution in [-0.4, -0.2) is 21.7 Å². The third kappa shape index (κ3) is 3.26. The summed E-state index contributed by atoms with van der Waals surface area (Å²) in [5.74, 6) is 2.16. The summed E-state index contributed by atoms with van der Waals surface area (Å²) in [6.07, 6.45) is 0.716. The van der Waals surface area contributed by atoms with Gasteiger partial charge >= 0.3 is 0 Å². The summed E-state index contributed by atoms with van der Waals surface area (Å²) in [6.45, 7) is 4.47. The predicted octanol–water partition coefficient (Wildman–Crippen LogP) is 2.50. The van der Waals surface area contributed by atoms with Crippen molar-refractivity contribution in [1.82, 2.24) is 15.1 Å². The highest BCUT2D eigenvalue weighted by molar-refractivity contribution is 9.10. The van der Waals surface area contributed by atoms with Crippen LogP contribution in [0.25, 0.3) is 0 Å². The summed E-state index contributed by atoms with van der Waals surface area (Å²) in [5.41, 5.74) is 0.963. The Morgan fingerprint density at radius 1 is 1.29 bits per heavy atom. The molecule has 0 bridgehead atoms. The molecule has 0 aliphatic rings. The van der Waals surface area contributed by atoms with Crippen molar-refractivity contribution >= 4 is 21.7 Å². The first-order valence-electron chi connectivity index (χ1n) is 5.31. The van der Waals surface area contributed by atoms with Gasteiger partial charge in [-0.1, -0.05) is 5.16 Å². The molecule has 2 rings (SSSR count). The van der Waals surface area contributed by atoms with Gasteiger partial charge in [0, 0.05) is 24.4 Å². The molecule has 0 fully saturated rings. The number of rotatable bonds is 4. The Morgan fingerprint density at radius 3 is 2.76 bits per heavy atom. The monoisotopic (exact) mass is 296 g/mol. The zero-order valence-corrected chi connectivity index (χ0v) is 11.3. The SMILES string of the molecule is Cc1nc(CCNc2ccc(Br)c(C)n2)no1. The van der Waals surface area contributed by atoms with Crippen LogP contribution in [-0.2, 0) is 6.42 Å². The molecule has 0 unspecified atom stereocenters. The third-order valence-corrected chi connectivity index (χ3v) is 3.08. The molecule has 0 aliphatic heterocycles. The predicted molar refractivity (Wildman–Crippen MR) is 67.9 cm³/mol. The summed E-state index contributed by atoms with van der Waals surface area (Å²) in [5, 5.41) is 7.04. The van der Waals surface area contributed by atoms with Gasteiger partial charge in [-0.05, 0) is 35.0 Å². The van der Waals surface area contributed by atoms with E-state index in [-0.39, 0.29) is 0 Å². The molecular formula is C11H13BrN4O. The zero-order chi connectivity index (χ0) is 12.3. The average molecular weight is 297 g/mol. The van der Waals surface area contributed by atoms with Crippen molar-refractivity contribution in [3.8, 4) is 0 Å². The molecule has 0 saturated carbocycles. The second-order valence-electron chi connectivity index (χ2n) is 3.67. The average Bonchev–Trinajstić information content (AvgIpc) is 2.70. The third-order valence-electron chi connectivity index (χ3n) is 2.25. The van der Waals surface area contributed by atoms with Crippen molar-refractivity contribution in [2.45, 2.75) is 20.3 Å². The van der Waals surface area contributed by atoms with Crippen LogP contribution in [0.3, 0.4) is 0 Å². The highest BCUT2D eigenvalue weighted by Crippen LogP contribution is 2.15. The zero-order valence-electron chi connectivity index (χ0n) is 9.70. The van der Waals surface area contributed by atoms with E-state index in [1.54, 1.807) is 6.92 Å². The first-order chi connectivity index (χ1) is 8.15. The number of nitrogens with zero attached hydrogens (tertiary/aromatic N) is 3. The van der Waals surface area contributed by atoms with Gasteiger partial charge in [0.15, 0.2) is 5.82 Å². The Labute approximate surface area is 108 Å². The Balaban J connectivity index is 1.87. The van der Waals surface area contributed by atoms with E-state index in [1.807, 2.05) is 19.1 Å². The minimum Gasteiger partial charge on any atom is -0.370 e. The maximum Gasteiger partial charge on any atom is 0.223 e. The molecule has 90 valence electrons. The molecule has 0 spiro atoms. The summed E-state index contributed by atoms with van der Waals surface area (Å²) < 4.78 is 5.90. The highest BCUT2D eigenvalue weighted by atomic mass is 79.9. The smallest absolute Gasteiger partial charge is 0.223 e. The second-order valence-corrected chi connectivity index (χ2v) is 4.52. The van der Waals surface area contributed by atoms with Crippen LogP contribution in [0.1, 0.15) is 17.4 Å². The number of aryl methyl sites for hydroxylation is 2. The molecule has 0 radical (unpaired) electrons. The van der Waals surface area contributed by atoms with E-state index in [2.05, 4.69) is 36.4 Å². The van der Waals surface area contributed by atoms with Crippen molar-refractivity contribution in [1.29, 1.82) is 0 Å². The first-order valence-corrected chi connectivity index (χ1v) is 6.10. The first kappa shape index (κ1) is 12.0. The van der Waals surface area contributed by atoms with Crippen molar-refractivity contribution in [2.24, 2.45) is 0 Å². The van der Waals surface area contributed by atoms with E-state index < -0.39 is 0 Å². The van der Waals surface area contributed by atoms with Gasteiger partial charge in [0.25, 0.3) is 0 Å². The van der Waals surface area contributed by atoms with Crippen LogP contribution in [0, 0.1) is 13.8 Å². The minimum atomic E-state index is 0.595. The number of anilines is 1. The molecule has 6 heteroatoms. The summed E-state index contributed by atoms with van der Waals surface area (Å²) >= 11 is 3.41. The number of nitrogens with one attached hydrogen (secondary N) is 1. The van der Waals surface area contributed by atoms with Crippen LogP contribution in [0.5, 0.6) is 0 Å². The summed E-state index contributed by atoms with van der Waals surface area (Å²) in [6, 6.07) is 3.90. The number of aromatic nitrogens is 3. The second kappa shape index (κ2) is 5.27. The number of halogens is 1. The van der Waals surface area contributed by atoms with Gasteiger partial charge in [0.05, 0.1) is 5.69 Å². The van der Waals surface area contributed by atoms with Crippen molar-refractivity contribution < 1.29 is 4.52 Å². The molecule has 2 aromatic rings. The largest absolute Gasteiger partial charge is 0.370 e. The molecule has 0 saturated heterocycles. The fourth-order valence-electron chi connectivity index (χ4n) is 1.39. The molecule has 5 nitrogen and oxygen atoms in total. The van der Waals surface area contributed by atoms with Gasteiger partial charge < -0.3 is 9.84 Å². The Kier molecular flexibility index (Phi) is 3.73. The summed E-state index contributed by atoms with van der Waals surface area (Å²) in [4.78, 5) is 8.51. The summed E-state index contributed by atoms with van der Waals surface area (Å²) in [7, 11) is 0. The van der Waals surface area contributed by atoms with E-state index in [0.29, 0.717) is 18.1 Å². The Hall–Kier alpha value is -1.43. The van der Waals surface area contributed by atoms with Crippen molar-refractivity contribution in [2.75, 3.05) is 11.9 Å². The lowest BCUT2D eigenvalue weighted by Crippen LogP contribution is -2.07. The van der Waals surface area contributed by atoms with E-state index >= 15 is 0 Å². The van der Waals surface area contributed by atoms with E-state index in [9.17, 15) is 0 Å². The van der Waals surface area contributed by atoms with Gasteiger partial charge in [-0.2, -0.15) is 4.98 Å². The topological polar surface area (TPSA) is 63.8 Å². The highest BCUT2D eigenvalue weighted by Gasteiger charge is 2.02. The van der Waals surface area contributed by atoms with E-state index in [4.69, 9.17) is 4.52 Å². The van der Waals surface area contributed by atoms with Crippen molar-refractivity contribution in [3.63, 3.8) is 0 Å². The normalized spacial score (nSPS) is 10.5. The van der Waals surface area contributed by atoms with Gasteiger partial charge in [-0.3, -0.25) is 0 Å². The lowest BCUT2D eigenvalue weighted by atomic mass is 10.3. The lowest BCUT2D eigenvalue weighted by molar-refractivity contribution is 0.387. The Morgan fingerprint density at radius 2 is 2.12 bits per heavy atom. The quantitative estimate of drug-likeness (QED) is 0.939. The Bertz CT molecular complexity index is 512. The maximum atomic E-state index is 4.89. The molecule has 17 heavy (non-hydrogen) atoms. The fraction of sp³-hybridized carbons (Fsp3) is 0.364. The van der Waals surface area contributed by atoms with E-state index in [0.717, 1.165) is 22.5 Å². The van der Waals surface area contributed by atoms with Crippen LogP contribution in [0.4, 0.5) is 5.82 Å². The van der Waals surface area contributed by atoms with Crippen LogP contribution < -0.4 is 5.32 Å². The number of hydrogen-bond donors (Lipinski definition) is 1. The molecule has 2 aromatic heterocycles. The van der Waals surface area contributed by atoms with Gasteiger partial charge in [-0.25, -0.2) is 4.98 Å². The minimum absolute atomic E-state index is 0.595. The molecule has 0 aromatic carbocycles. The maximum absolute atomic E-state index is 4.89. The molecule has 0 amide bonds. The standard InChI is InChI=1S/C11H13BrN4O/c1-7-9(12)3-4-10(14-7)13-6-5-11-15-8(2)17-16-11/h3-4H,5-6H2,1-2H3,(H,13,14). The van der Waals surface area contributed by atoms with Gasteiger partial charge in [0.2, 0.25) is 5.89 Å². The fourth-order valence-corrected chi connectivity index (χ4v) is 1.61.